The molecular formula is C15H15BrO. The van der Waals surface area contributed by atoms with Crippen molar-refractivity contribution < 1.29 is 5.11 Å². The number of benzene rings is 2. The third kappa shape index (κ3) is 1.90. The Morgan fingerprint density at radius 2 is 1.88 bits per heavy atom. The summed E-state index contributed by atoms with van der Waals surface area (Å²) in [5, 5.41) is 12.7. The third-order valence-electron chi connectivity index (χ3n) is 3.65. The molecule has 2 heteroatoms. The monoisotopic (exact) mass is 290 g/mol. The Kier molecular flexibility index (Phi) is 2.93. The lowest BCUT2D eigenvalue weighted by Gasteiger charge is -2.15. The van der Waals surface area contributed by atoms with E-state index in [2.05, 4.69) is 46.3 Å². The van der Waals surface area contributed by atoms with Crippen LogP contribution >= 0.6 is 15.9 Å². The van der Waals surface area contributed by atoms with Gasteiger partial charge in [0.15, 0.2) is 0 Å². The van der Waals surface area contributed by atoms with E-state index in [9.17, 15) is 5.11 Å². The largest absolute Gasteiger partial charge is 0.388 e. The highest BCUT2D eigenvalue weighted by atomic mass is 79.9. The molecule has 2 aromatic rings. The van der Waals surface area contributed by atoms with E-state index >= 15 is 0 Å². The number of fused-ring (bicyclic) bond motifs is 3. The first-order valence-electron chi connectivity index (χ1n) is 6.15. The van der Waals surface area contributed by atoms with Crippen LogP contribution in [0.15, 0.2) is 34.8 Å². The number of hydrogen-bond acceptors (Lipinski definition) is 1. The van der Waals surface area contributed by atoms with Gasteiger partial charge in [-0.15, -0.1) is 0 Å². The molecule has 17 heavy (non-hydrogen) atoms. The molecule has 1 N–H and O–H groups in total. The van der Waals surface area contributed by atoms with Gasteiger partial charge in [-0.2, -0.15) is 0 Å². The molecule has 1 aliphatic rings. The summed E-state index contributed by atoms with van der Waals surface area (Å²) in [5.41, 5.74) is 2.46. The Morgan fingerprint density at radius 1 is 1.12 bits per heavy atom. The maximum Gasteiger partial charge on any atom is 0.0793 e. The maximum atomic E-state index is 10.2. The molecule has 0 saturated carbocycles. The number of aryl methyl sites for hydroxylation is 1. The van der Waals surface area contributed by atoms with Crippen molar-refractivity contribution in [3.8, 4) is 0 Å². The molecule has 88 valence electrons. The highest BCUT2D eigenvalue weighted by Gasteiger charge is 2.19. The molecule has 3 rings (SSSR count). The molecule has 2 aromatic carbocycles. The summed E-state index contributed by atoms with van der Waals surface area (Å²) in [4.78, 5) is 0. The van der Waals surface area contributed by atoms with E-state index in [4.69, 9.17) is 0 Å². The van der Waals surface area contributed by atoms with Crippen LogP contribution in [0.2, 0.25) is 0 Å². The summed E-state index contributed by atoms with van der Waals surface area (Å²) in [7, 11) is 0. The first kappa shape index (κ1) is 11.2. The van der Waals surface area contributed by atoms with Crippen LogP contribution in [0.5, 0.6) is 0 Å². The van der Waals surface area contributed by atoms with Crippen molar-refractivity contribution in [3.63, 3.8) is 0 Å². The van der Waals surface area contributed by atoms with E-state index in [1.165, 1.54) is 22.8 Å². The fourth-order valence-electron chi connectivity index (χ4n) is 2.78. The number of aliphatic hydroxyl groups is 1. The lowest BCUT2D eigenvalue weighted by Crippen LogP contribution is -2.00. The first-order valence-corrected chi connectivity index (χ1v) is 6.95. The SMILES string of the molecule is O[C@H]1CCCCc2c1cc(Br)c1ccccc21. The molecule has 0 aromatic heterocycles. The zero-order chi connectivity index (χ0) is 11.8. The predicted molar refractivity (Wildman–Crippen MR) is 74.2 cm³/mol. The van der Waals surface area contributed by atoms with Crippen LogP contribution in [0, 0.1) is 0 Å². The second-order valence-electron chi connectivity index (χ2n) is 4.73. The maximum absolute atomic E-state index is 10.2. The van der Waals surface area contributed by atoms with Gasteiger partial charge in [0.05, 0.1) is 6.10 Å². The molecule has 0 fully saturated rings. The first-order chi connectivity index (χ1) is 8.27. The van der Waals surface area contributed by atoms with Gasteiger partial charge in [0.25, 0.3) is 0 Å². The fourth-order valence-corrected chi connectivity index (χ4v) is 3.38. The van der Waals surface area contributed by atoms with E-state index in [0.717, 1.165) is 29.3 Å². The van der Waals surface area contributed by atoms with Gasteiger partial charge < -0.3 is 5.11 Å². The Labute approximate surface area is 110 Å². The van der Waals surface area contributed by atoms with Crippen LogP contribution in [0.25, 0.3) is 10.8 Å². The number of aliphatic hydroxyl groups excluding tert-OH is 1. The molecule has 1 nitrogen and oxygen atoms in total. The number of rotatable bonds is 0. The Morgan fingerprint density at radius 3 is 2.71 bits per heavy atom. The molecule has 0 spiro atoms. The van der Waals surface area contributed by atoms with E-state index < -0.39 is 0 Å². The molecule has 0 saturated heterocycles. The summed E-state index contributed by atoms with van der Waals surface area (Å²) in [5.74, 6) is 0. The standard InChI is InChI=1S/C15H15BrO/c16-14-9-13-11(6-3-4-8-15(13)17)10-5-1-2-7-12(10)14/h1-2,5,7,9,15,17H,3-4,6,8H2/t15-/m0/s1. The van der Waals surface area contributed by atoms with Gasteiger partial charge >= 0.3 is 0 Å². The Bertz CT molecular complexity index is 562. The van der Waals surface area contributed by atoms with Crippen LogP contribution in [0.4, 0.5) is 0 Å². The minimum Gasteiger partial charge on any atom is -0.388 e. The van der Waals surface area contributed by atoms with Crippen molar-refractivity contribution in [3.05, 3.63) is 45.9 Å². The van der Waals surface area contributed by atoms with Crippen LogP contribution in [-0.4, -0.2) is 5.11 Å². The summed E-state index contributed by atoms with van der Waals surface area (Å²) in [6, 6.07) is 10.5. The average molecular weight is 291 g/mol. The van der Waals surface area contributed by atoms with Gasteiger partial charge in [-0.3, -0.25) is 0 Å². The minimum atomic E-state index is -0.298. The smallest absolute Gasteiger partial charge is 0.0793 e. The molecule has 0 bridgehead atoms. The van der Waals surface area contributed by atoms with Crippen molar-refractivity contribution in [2.45, 2.75) is 31.8 Å². The van der Waals surface area contributed by atoms with Gasteiger partial charge in [-0.25, -0.2) is 0 Å². The van der Waals surface area contributed by atoms with Crippen molar-refractivity contribution in [2.75, 3.05) is 0 Å². The van der Waals surface area contributed by atoms with Gasteiger partial charge in [0, 0.05) is 4.47 Å². The average Bonchev–Trinajstić information content (AvgIpc) is 2.53. The van der Waals surface area contributed by atoms with Crippen LogP contribution in [-0.2, 0) is 6.42 Å². The van der Waals surface area contributed by atoms with E-state index in [1.54, 1.807) is 0 Å². The van der Waals surface area contributed by atoms with Crippen molar-refractivity contribution in [2.24, 2.45) is 0 Å². The third-order valence-corrected chi connectivity index (χ3v) is 4.31. The van der Waals surface area contributed by atoms with Gasteiger partial charge in [0.2, 0.25) is 0 Å². The van der Waals surface area contributed by atoms with Crippen molar-refractivity contribution in [1.29, 1.82) is 0 Å². The van der Waals surface area contributed by atoms with Gasteiger partial charge in [-0.1, -0.05) is 46.6 Å². The second-order valence-corrected chi connectivity index (χ2v) is 5.59. The summed E-state index contributed by atoms with van der Waals surface area (Å²) >= 11 is 3.62. The number of hydrogen-bond donors (Lipinski definition) is 1. The molecule has 0 radical (unpaired) electrons. The van der Waals surface area contributed by atoms with Crippen LogP contribution in [0.3, 0.4) is 0 Å². The molecular weight excluding hydrogens is 276 g/mol. The summed E-state index contributed by atoms with van der Waals surface area (Å²) in [6.07, 6.45) is 3.96. The highest BCUT2D eigenvalue weighted by Crippen LogP contribution is 2.37. The van der Waals surface area contributed by atoms with Crippen LogP contribution in [0.1, 0.15) is 36.5 Å². The molecule has 0 heterocycles. The molecule has 1 aliphatic carbocycles. The van der Waals surface area contributed by atoms with Crippen molar-refractivity contribution >= 4 is 26.7 Å². The van der Waals surface area contributed by atoms with Crippen LogP contribution < -0.4 is 0 Å². The minimum absolute atomic E-state index is 0.298. The molecule has 1 atom stereocenters. The quantitative estimate of drug-likeness (QED) is 0.715. The molecule has 0 amide bonds. The lowest BCUT2D eigenvalue weighted by molar-refractivity contribution is 0.166. The Balaban J connectivity index is 2.34. The Hall–Kier alpha value is -0.860. The second kappa shape index (κ2) is 4.43. The summed E-state index contributed by atoms with van der Waals surface area (Å²) < 4.78 is 1.09. The number of halogens is 1. The fraction of sp³-hybridized carbons (Fsp3) is 0.333. The zero-order valence-corrected chi connectivity index (χ0v) is 11.2. The van der Waals surface area contributed by atoms with Gasteiger partial charge in [-0.05, 0) is 47.2 Å². The normalized spacial score (nSPS) is 20.0. The van der Waals surface area contributed by atoms with E-state index in [1.807, 2.05) is 0 Å². The highest BCUT2D eigenvalue weighted by molar-refractivity contribution is 9.10. The predicted octanol–water partition coefficient (Wildman–Crippen LogP) is 4.36. The summed E-state index contributed by atoms with van der Waals surface area (Å²) in [6.45, 7) is 0. The van der Waals surface area contributed by atoms with Crippen molar-refractivity contribution in [1.82, 2.24) is 0 Å². The van der Waals surface area contributed by atoms with Gasteiger partial charge in [0.1, 0.15) is 0 Å². The topological polar surface area (TPSA) is 20.2 Å². The molecule has 0 aliphatic heterocycles. The zero-order valence-electron chi connectivity index (χ0n) is 9.62. The molecule has 0 unspecified atom stereocenters. The lowest BCUT2D eigenvalue weighted by atomic mass is 9.94. The van der Waals surface area contributed by atoms with E-state index in [-0.39, 0.29) is 6.10 Å². The van der Waals surface area contributed by atoms with E-state index in [0.29, 0.717) is 0 Å².